The maximum Gasteiger partial charge on any atom is 0.292 e. The van der Waals surface area contributed by atoms with Crippen LogP contribution >= 0.6 is 11.8 Å². The van der Waals surface area contributed by atoms with Gasteiger partial charge in [0.2, 0.25) is 5.91 Å². The first kappa shape index (κ1) is 18.8. The standard InChI is InChI=1S/C18H19N3O5S/c1-27-17-11-16-15(25-8-9-26-16)10-13(17)20-18(22)6-7-19-12-4-2-3-5-14(12)21(23)24/h2-5,10-11,19H,6-9H2,1H3,(H,20,22). The van der Waals surface area contributed by atoms with E-state index in [4.69, 9.17) is 9.47 Å². The second kappa shape index (κ2) is 8.63. The number of nitro groups is 1. The van der Waals surface area contributed by atoms with Gasteiger partial charge in [0, 0.05) is 30.0 Å². The van der Waals surface area contributed by atoms with E-state index in [1.54, 1.807) is 24.3 Å². The number of carbonyl (C=O) groups is 1. The fourth-order valence-corrected chi connectivity index (χ4v) is 3.20. The van der Waals surface area contributed by atoms with Crippen molar-refractivity contribution in [1.29, 1.82) is 0 Å². The second-order valence-corrected chi connectivity index (χ2v) is 6.54. The van der Waals surface area contributed by atoms with E-state index in [9.17, 15) is 14.9 Å². The van der Waals surface area contributed by atoms with Gasteiger partial charge in [-0.15, -0.1) is 11.8 Å². The van der Waals surface area contributed by atoms with Crippen molar-refractivity contribution in [2.75, 3.05) is 36.6 Å². The molecule has 1 aliphatic rings. The molecule has 2 N–H and O–H groups in total. The third-order valence-corrected chi connectivity index (χ3v) is 4.68. The predicted molar refractivity (Wildman–Crippen MR) is 104 cm³/mol. The van der Waals surface area contributed by atoms with Crippen molar-refractivity contribution >= 4 is 34.7 Å². The molecule has 2 aromatic carbocycles. The number of anilines is 2. The smallest absolute Gasteiger partial charge is 0.292 e. The molecule has 0 radical (unpaired) electrons. The Morgan fingerprint density at radius 2 is 1.89 bits per heavy atom. The summed E-state index contributed by atoms with van der Waals surface area (Å²) in [5.41, 5.74) is 1.02. The van der Waals surface area contributed by atoms with Crippen molar-refractivity contribution in [1.82, 2.24) is 0 Å². The molecule has 8 nitrogen and oxygen atoms in total. The third-order valence-electron chi connectivity index (χ3n) is 3.91. The number of nitro benzene ring substituents is 1. The first-order chi connectivity index (χ1) is 13.1. The molecule has 0 atom stereocenters. The molecule has 0 saturated heterocycles. The van der Waals surface area contributed by atoms with Crippen molar-refractivity contribution in [3.8, 4) is 11.5 Å². The lowest BCUT2D eigenvalue weighted by Gasteiger charge is -2.21. The zero-order chi connectivity index (χ0) is 19.2. The summed E-state index contributed by atoms with van der Waals surface area (Å²) in [6.07, 6.45) is 2.07. The van der Waals surface area contributed by atoms with E-state index in [2.05, 4.69) is 10.6 Å². The summed E-state index contributed by atoms with van der Waals surface area (Å²) in [6.45, 7) is 1.25. The van der Waals surface area contributed by atoms with Crippen LogP contribution in [-0.4, -0.2) is 36.8 Å². The van der Waals surface area contributed by atoms with Gasteiger partial charge in [0.15, 0.2) is 11.5 Å². The number of rotatable bonds is 7. The molecule has 2 aromatic rings. The maximum atomic E-state index is 12.3. The van der Waals surface area contributed by atoms with Crippen LogP contribution in [0.4, 0.5) is 17.1 Å². The fourth-order valence-electron chi connectivity index (χ4n) is 2.64. The number of para-hydroxylation sites is 2. The second-order valence-electron chi connectivity index (χ2n) is 5.70. The van der Waals surface area contributed by atoms with Crippen LogP contribution in [0.3, 0.4) is 0 Å². The van der Waals surface area contributed by atoms with Gasteiger partial charge < -0.3 is 20.1 Å². The summed E-state index contributed by atoms with van der Waals surface area (Å²) in [6, 6.07) is 9.94. The molecule has 0 spiro atoms. The van der Waals surface area contributed by atoms with Gasteiger partial charge in [0.1, 0.15) is 18.9 Å². The number of benzene rings is 2. The van der Waals surface area contributed by atoms with E-state index in [-0.39, 0.29) is 24.6 Å². The Labute approximate surface area is 160 Å². The highest BCUT2D eigenvalue weighted by molar-refractivity contribution is 7.98. The average molecular weight is 389 g/mol. The number of carbonyl (C=O) groups excluding carboxylic acids is 1. The van der Waals surface area contributed by atoms with Crippen LogP contribution in [-0.2, 0) is 4.79 Å². The van der Waals surface area contributed by atoms with Gasteiger partial charge in [-0.1, -0.05) is 12.1 Å². The Kier molecular flexibility index (Phi) is 6.02. The molecule has 0 aromatic heterocycles. The van der Waals surface area contributed by atoms with Gasteiger partial charge in [-0.3, -0.25) is 14.9 Å². The summed E-state index contributed by atoms with van der Waals surface area (Å²) in [5.74, 6) is 1.07. The number of thioether (sulfide) groups is 1. The van der Waals surface area contributed by atoms with Gasteiger partial charge in [0.25, 0.3) is 5.69 Å². The van der Waals surface area contributed by atoms with Crippen LogP contribution in [0.15, 0.2) is 41.3 Å². The van der Waals surface area contributed by atoms with Gasteiger partial charge in [-0.25, -0.2) is 0 Å². The molecule has 0 aliphatic carbocycles. The van der Waals surface area contributed by atoms with E-state index >= 15 is 0 Å². The predicted octanol–water partition coefficient (Wildman–Crippen LogP) is 3.53. The molecule has 1 heterocycles. The van der Waals surface area contributed by atoms with Crippen molar-refractivity contribution in [3.63, 3.8) is 0 Å². The number of fused-ring (bicyclic) bond motifs is 1. The molecule has 27 heavy (non-hydrogen) atoms. The quantitative estimate of drug-likeness (QED) is 0.424. The summed E-state index contributed by atoms with van der Waals surface area (Å²) in [5, 5.41) is 16.8. The van der Waals surface area contributed by atoms with E-state index in [0.29, 0.717) is 36.1 Å². The van der Waals surface area contributed by atoms with Crippen LogP contribution in [0.1, 0.15) is 6.42 Å². The molecule has 0 unspecified atom stereocenters. The molecular weight excluding hydrogens is 370 g/mol. The lowest BCUT2D eigenvalue weighted by Crippen LogP contribution is -2.18. The lowest BCUT2D eigenvalue weighted by atomic mass is 10.2. The first-order valence-electron chi connectivity index (χ1n) is 8.33. The van der Waals surface area contributed by atoms with E-state index < -0.39 is 4.92 Å². The van der Waals surface area contributed by atoms with Crippen LogP contribution in [0, 0.1) is 10.1 Å². The third kappa shape index (κ3) is 4.62. The minimum absolute atomic E-state index is 0.0191. The lowest BCUT2D eigenvalue weighted by molar-refractivity contribution is -0.384. The Balaban J connectivity index is 1.61. The zero-order valence-electron chi connectivity index (χ0n) is 14.7. The van der Waals surface area contributed by atoms with Crippen molar-refractivity contribution in [2.45, 2.75) is 11.3 Å². The van der Waals surface area contributed by atoms with E-state index in [0.717, 1.165) is 4.90 Å². The summed E-state index contributed by atoms with van der Waals surface area (Å²) >= 11 is 1.50. The molecule has 0 saturated carbocycles. The Morgan fingerprint density at radius 1 is 1.19 bits per heavy atom. The molecule has 142 valence electrons. The number of amides is 1. The SMILES string of the molecule is CSc1cc2c(cc1NC(=O)CCNc1ccccc1[N+](=O)[O-])OCCO2. The van der Waals surface area contributed by atoms with Gasteiger partial charge >= 0.3 is 0 Å². The van der Waals surface area contributed by atoms with Crippen LogP contribution in [0.2, 0.25) is 0 Å². The van der Waals surface area contributed by atoms with Crippen molar-refractivity contribution in [3.05, 3.63) is 46.5 Å². The van der Waals surface area contributed by atoms with Crippen molar-refractivity contribution < 1.29 is 19.2 Å². The first-order valence-corrected chi connectivity index (χ1v) is 9.55. The largest absolute Gasteiger partial charge is 0.486 e. The topological polar surface area (TPSA) is 103 Å². The monoisotopic (exact) mass is 389 g/mol. The van der Waals surface area contributed by atoms with Gasteiger partial charge in [0.05, 0.1) is 10.6 Å². The molecule has 9 heteroatoms. The van der Waals surface area contributed by atoms with Crippen molar-refractivity contribution in [2.24, 2.45) is 0 Å². The molecule has 1 aliphatic heterocycles. The van der Waals surface area contributed by atoms with E-state index in [1.807, 2.05) is 12.3 Å². The van der Waals surface area contributed by atoms with Crippen LogP contribution < -0.4 is 20.1 Å². The van der Waals surface area contributed by atoms with Gasteiger partial charge in [-0.2, -0.15) is 0 Å². The molecule has 0 bridgehead atoms. The highest BCUT2D eigenvalue weighted by atomic mass is 32.2. The summed E-state index contributed by atoms with van der Waals surface area (Å²) < 4.78 is 11.1. The van der Waals surface area contributed by atoms with Gasteiger partial charge in [-0.05, 0) is 18.4 Å². The number of ether oxygens (including phenoxy) is 2. The molecule has 0 fully saturated rings. The maximum absolute atomic E-state index is 12.3. The molecule has 1 amide bonds. The number of nitrogens with one attached hydrogen (secondary N) is 2. The van der Waals surface area contributed by atoms with Crippen LogP contribution in [0.25, 0.3) is 0 Å². The zero-order valence-corrected chi connectivity index (χ0v) is 15.5. The minimum atomic E-state index is -0.456. The fraction of sp³-hybridized carbons (Fsp3) is 0.278. The van der Waals surface area contributed by atoms with Crippen LogP contribution in [0.5, 0.6) is 11.5 Å². The average Bonchev–Trinajstić information content (AvgIpc) is 2.67. The minimum Gasteiger partial charge on any atom is -0.486 e. The molecular formula is C18H19N3O5S. The number of hydrogen-bond acceptors (Lipinski definition) is 7. The summed E-state index contributed by atoms with van der Waals surface area (Å²) in [4.78, 5) is 23.7. The highest BCUT2D eigenvalue weighted by Crippen LogP contribution is 2.39. The van der Waals surface area contributed by atoms with E-state index in [1.165, 1.54) is 17.8 Å². The highest BCUT2D eigenvalue weighted by Gasteiger charge is 2.17. The summed E-state index contributed by atoms with van der Waals surface area (Å²) in [7, 11) is 0. The normalized spacial score (nSPS) is 12.3. The molecule has 3 rings (SSSR count). The Hall–Kier alpha value is -2.94. The Bertz CT molecular complexity index is 859. The Morgan fingerprint density at radius 3 is 2.59 bits per heavy atom. The number of hydrogen-bond donors (Lipinski definition) is 2. The number of nitrogens with zero attached hydrogens (tertiary/aromatic N) is 1.